The van der Waals surface area contributed by atoms with E-state index >= 15 is 0 Å². The van der Waals surface area contributed by atoms with Crippen molar-refractivity contribution in [2.24, 2.45) is 0 Å². The molecule has 0 bridgehead atoms. The van der Waals surface area contributed by atoms with Crippen molar-refractivity contribution in [3.8, 4) is 5.75 Å². The summed E-state index contributed by atoms with van der Waals surface area (Å²) < 4.78 is 36.0. The Morgan fingerprint density at radius 3 is 2.42 bits per heavy atom. The number of ether oxygens (including phenoxy) is 2. The van der Waals surface area contributed by atoms with Gasteiger partial charge in [-0.25, -0.2) is 13.2 Å². The van der Waals surface area contributed by atoms with Crippen LogP contribution in [0.25, 0.3) is 0 Å². The predicted molar refractivity (Wildman–Crippen MR) is 121 cm³/mol. The van der Waals surface area contributed by atoms with Crippen LogP contribution in [-0.2, 0) is 19.6 Å². The molecule has 0 aromatic heterocycles. The van der Waals surface area contributed by atoms with E-state index in [0.29, 0.717) is 17.0 Å². The molecule has 0 aliphatic carbocycles. The molecule has 0 saturated heterocycles. The van der Waals surface area contributed by atoms with E-state index < -0.39 is 27.9 Å². The fourth-order valence-corrected chi connectivity index (χ4v) is 4.36. The number of aryl methyl sites for hydroxylation is 1. The highest BCUT2D eigenvalue weighted by Gasteiger charge is 2.30. The van der Waals surface area contributed by atoms with E-state index in [0.717, 1.165) is 10.6 Å². The number of carbonyl (C=O) groups is 2. The number of sulfonamides is 1. The summed E-state index contributed by atoms with van der Waals surface area (Å²) in [5, 5.41) is 2.90. The average Bonchev–Trinajstić information content (AvgIpc) is 2.69. The molecule has 10 heteroatoms. The van der Waals surface area contributed by atoms with Crippen LogP contribution in [-0.4, -0.2) is 46.3 Å². The lowest BCUT2D eigenvalue weighted by Gasteiger charge is -2.28. The second-order valence-corrected chi connectivity index (χ2v) is 9.06. The molecular weight excluding hydrogens is 444 g/mol. The van der Waals surface area contributed by atoms with Gasteiger partial charge in [0.1, 0.15) is 11.8 Å². The molecule has 0 fully saturated rings. The van der Waals surface area contributed by atoms with Gasteiger partial charge in [-0.2, -0.15) is 0 Å². The van der Waals surface area contributed by atoms with Gasteiger partial charge in [0.05, 0.1) is 36.2 Å². The minimum absolute atomic E-state index is 0.208. The van der Waals surface area contributed by atoms with Crippen molar-refractivity contribution >= 4 is 44.9 Å². The molecule has 1 atom stereocenters. The zero-order chi connectivity index (χ0) is 23.3. The molecule has 1 N–H and O–H groups in total. The Hall–Kier alpha value is -2.78. The van der Waals surface area contributed by atoms with Gasteiger partial charge in [0.15, 0.2) is 0 Å². The lowest BCUT2D eigenvalue weighted by Crippen LogP contribution is -2.45. The molecule has 0 saturated carbocycles. The van der Waals surface area contributed by atoms with E-state index in [1.807, 2.05) is 0 Å². The normalized spacial score (nSPS) is 12.1. The van der Waals surface area contributed by atoms with Gasteiger partial charge in [-0.1, -0.05) is 17.7 Å². The van der Waals surface area contributed by atoms with Gasteiger partial charge in [0.2, 0.25) is 15.9 Å². The highest BCUT2D eigenvalue weighted by molar-refractivity contribution is 7.92. The van der Waals surface area contributed by atoms with Crippen LogP contribution in [0, 0.1) is 6.92 Å². The van der Waals surface area contributed by atoms with E-state index in [1.54, 1.807) is 26.0 Å². The first-order valence-corrected chi connectivity index (χ1v) is 11.6. The molecule has 2 rings (SSSR count). The third-order valence-corrected chi connectivity index (χ3v) is 6.02. The topological polar surface area (TPSA) is 102 Å². The van der Waals surface area contributed by atoms with Gasteiger partial charge in [0.25, 0.3) is 0 Å². The first kappa shape index (κ1) is 24.5. The number of amides is 1. The third kappa shape index (κ3) is 5.89. The van der Waals surface area contributed by atoms with Crippen LogP contribution in [0.15, 0.2) is 36.4 Å². The Labute approximate surface area is 187 Å². The van der Waals surface area contributed by atoms with E-state index in [9.17, 15) is 18.0 Å². The summed E-state index contributed by atoms with van der Waals surface area (Å²) in [4.78, 5) is 24.9. The number of hydrogen-bond acceptors (Lipinski definition) is 6. The van der Waals surface area contributed by atoms with E-state index in [2.05, 4.69) is 5.32 Å². The standard InChI is InChI=1S/C21H25ClN2O6S/c1-6-30-21(26)15-8-7-13(2)18(11-15)23-20(25)14(3)24(31(5,27)28)16-9-10-19(29-4)17(22)12-16/h7-12,14H,6H2,1-5H3,(H,23,25)/t14-/m0/s1. The maximum absolute atomic E-state index is 12.9. The van der Waals surface area contributed by atoms with E-state index in [-0.39, 0.29) is 22.9 Å². The Balaban J connectivity index is 2.36. The predicted octanol–water partition coefficient (Wildman–Crippen LogP) is 3.63. The fourth-order valence-electron chi connectivity index (χ4n) is 2.94. The molecule has 0 radical (unpaired) electrons. The number of halogens is 1. The van der Waals surface area contributed by atoms with Crippen molar-refractivity contribution in [3.05, 3.63) is 52.5 Å². The number of rotatable bonds is 8. The van der Waals surface area contributed by atoms with Gasteiger partial charge in [0, 0.05) is 5.69 Å². The molecule has 1 amide bonds. The molecule has 2 aromatic carbocycles. The fraction of sp³-hybridized carbons (Fsp3) is 0.333. The van der Waals surface area contributed by atoms with Crippen molar-refractivity contribution < 1.29 is 27.5 Å². The Kier molecular flexibility index (Phi) is 7.91. The van der Waals surface area contributed by atoms with Crippen molar-refractivity contribution in [1.29, 1.82) is 0 Å². The first-order chi connectivity index (χ1) is 14.5. The number of methoxy groups -OCH3 is 1. The highest BCUT2D eigenvalue weighted by Crippen LogP contribution is 2.31. The Morgan fingerprint density at radius 1 is 1.19 bits per heavy atom. The van der Waals surface area contributed by atoms with Gasteiger partial charge in [-0.15, -0.1) is 0 Å². The first-order valence-electron chi connectivity index (χ1n) is 9.41. The molecule has 2 aromatic rings. The third-order valence-electron chi connectivity index (χ3n) is 4.48. The van der Waals surface area contributed by atoms with Gasteiger partial charge < -0.3 is 14.8 Å². The van der Waals surface area contributed by atoms with Gasteiger partial charge in [-0.3, -0.25) is 9.10 Å². The van der Waals surface area contributed by atoms with Gasteiger partial charge in [-0.05, 0) is 56.7 Å². The summed E-state index contributed by atoms with van der Waals surface area (Å²) in [6, 6.07) is 8.09. The molecule has 8 nitrogen and oxygen atoms in total. The van der Waals surface area contributed by atoms with Crippen molar-refractivity contribution in [3.63, 3.8) is 0 Å². The molecule has 0 aliphatic rings. The quantitative estimate of drug-likeness (QED) is 0.593. The monoisotopic (exact) mass is 468 g/mol. The van der Waals surface area contributed by atoms with Gasteiger partial charge >= 0.3 is 5.97 Å². The number of nitrogens with zero attached hydrogens (tertiary/aromatic N) is 1. The minimum atomic E-state index is -3.83. The number of carbonyl (C=O) groups excluding carboxylic acids is 2. The molecule has 31 heavy (non-hydrogen) atoms. The van der Waals surface area contributed by atoms with Crippen LogP contribution in [0.4, 0.5) is 11.4 Å². The van der Waals surface area contributed by atoms with E-state index in [4.69, 9.17) is 21.1 Å². The summed E-state index contributed by atoms with van der Waals surface area (Å²) in [5.74, 6) is -0.722. The van der Waals surface area contributed by atoms with Crippen LogP contribution in [0.5, 0.6) is 5.75 Å². The van der Waals surface area contributed by atoms with Crippen molar-refractivity contribution in [2.45, 2.75) is 26.8 Å². The molecule has 0 unspecified atom stereocenters. The highest BCUT2D eigenvalue weighted by atomic mass is 35.5. The summed E-state index contributed by atoms with van der Waals surface area (Å²) >= 11 is 6.14. The zero-order valence-electron chi connectivity index (χ0n) is 17.9. The summed E-state index contributed by atoms with van der Waals surface area (Å²) in [5.41, 5.74) is 1.57. The van der Waals surface area contributed by atoms with Crippen molar-refractivity contribution in [1.82, 2.24) is 0 Å². The van der Waals surface area contributed by atoms with Crippen LogP contribution in [0.3, 0.4) is 0 Å². The molecule has 168 valence electrons. The Bertz CT molecular complexity index is 1090. The zero-order valence-corrected chi connectivity index (χ0v) is 19.5. The Morgan fingerprint density at radius 2 is 1.87 bits per heavy atom. The molecular formula is C21H25ClN2O6S. The maximum Gasteiger partial charge on any atom is 0.338 e. The smallest absolute Gasteiger partial charge is 0.338 e. The van der Waals surface area contributed by atoms with Crippen LogP contribution >= 0.6 is 11.6 Å². The SMILES string of the molecule is CCOC(=O)c1ccc(C)c(NC(=O)[C@H](C)N(c2ccc(OC)c(Cl)c2)S(C)(=O)=O)c1. The maximum atomic E-state index is 12.9. The van der Waals surface area contributed by atoms with Crippen molar-refractivity contribution in [2.75, 3.05) is 29.6 Å². The minimum Gasteiger partial charge on any atom is -0.495 e. The second-order valence-electron chi connectivity index (χ2n) is 6.79. The lowest BCUT2D eigenvalue weighted by atomic mass is 10.1. The molecule has 0 aliphatic heterocycles. The summed E-state index contributed by atoms with van der Waals surface area (Å²) in [6.07, 6.45) is 1.00. The number of esters is 1. The van der Waals surface area contributed by atoms with Crippen LogP contribution < -0.4 is 14.4 Å². The number of anilines is 2. The number of benzene rings is 2. The summed E-state index contributed by atoms with van der Waals surface area (Å²) in [7, 11) is -2.39. The van der Waals surface area contributed by atoms with E-state index in [1.165, 1.54) is 38.3 Å². The second kappa shape index (κ2) is 10.0. The summed E-state index contributed by atoms with van der Waals surface area (Å²) in [6.45, 7) is 5.13. The number of nitrogens with one attached hydrogen (secondary N) is 1. The largest absolute Gasteiger partial charge is 0.495 e. The molecule has 0 spiro atoms. The number of hydrogen-bond donors (Lipinski definition) is 1. The molecule has 0 heterocycles. The van der Waals surface area contributed by atoms with Crippen LogP contribution in [0.2, 0.25) is 5.02 Å². The van der Waals surface area contributed by atoms with Crippen LogP contribution in [0.1, 0.15) is 29.8 Å². The lowest BCUT2D eigenvalue weighted by molar-refractivity contribution is -0.116. The average molecular weight is 469 g/mol.